The first kappa shape index (κ1) is 10.7. The fourth-order valence-corrected chi connectivity index (χ4v) is 5.49. The number of alkyl halides is 2. The highest BCUT2D eigenvalue weighted by atomic mass is 19.3. The van der Waals surface area contributed by atoms with E-state index in [1.165, 1.54) is 25.7 Å². The van der Waals surface area contributed by atoms with Gasteiger partial charge in [0.15, 0.2) is 0 Å². The molecule has 3 heteroatoms. The highest BCUT2D eigenvalue weighted by molar-refractivity contribution is 5.15. The molecular formula is C14H21F2N. The van der Waals surface area contributed by atoms with Crippen molar-refractivity contribution in [3.05, 3.63) is 0 Å². The molecule has 1 spiro atoms. The lowest BCUT2D eigenvalue weighted by atomic mass is 9.73. The molecule has 1 nitrogen and oxygen atoms in total. The Bertz CT molecular complexity index is 337. The number of hydrogen-bond donors (Lipinski definition) is 1. The number of piperidine rings is 1. The second-order valence-electron chi connectivity index (χ2n) is 6.85. The molecule has 1 saturated heterocycles. The minimum absolute atomic E-state index is 0.0848. The molecule has 1 aliphatic heterocycles. The molecule has 0 amide bonds. The third-order valence-electron chi connectivity index (χ3n) is 6.33. The predicted octanol–water partition coefficient (Wildman–Crippen LogP) is 3.06. The van der Waals surface area contributed by atoms with E-state index in [1.807, 2.05) is 0 Å². The summed E-state index contributed by atoms with van der Waals surface area (Å²) >= 11 is 0. The maximum absolute atomic E-state index is 14.1. The fourth-order valence-electron chi connectivity index (χ4n) is 5.49. The average molecular weight is 241 g/mol. The van der Waals surface area contributed by atoms with Crippen LogP contribution in [0.2, 0.25) is 0 Å². The lowest BCUT2D eigenvalue weighted by molar-refractivity contribution is -0.104. The Morgan fingerprint density at radius 2 is 1.82 bits per heavy atom. The molecule has 1 heterocycles. The fraction of sp³-hybridized carbons (Fsp3) is 1.00. The summed E-state index contributed by atoms with van der Waals surface area (Å²) in [6.45, 7) is 0.708. The molecule has 4 aliphatic rings. The van der Waals surface area contributed by atoms with E-state index in [2.05, 4.69) is 5.32 Å². The van der Waals surface area contributed by atoms with Crippen LogP contribution in [-0.2, 0) is 0 Å². The van der Waals surface area contributed by atoms with Crippen LogP contribution >= 0.6 is 0 Å². The van der Waals surface area contributed by atoms with Crippen LogP contribution in [-0.4, -0.2) is 19.0 Å². The molecule has 3 saturated carbocycles. The second kappa shape index (κ2) is 3.23. The molecule has 1 N–H and O–H groups in total. The smallest absolute Gasteiger partial charge is 0.263 e. The standard InChI is InChI=1S/C14H21F2N/c15-14(16)8-17-6-3-12(14)10-7-9-1-2-11(10)13(9)4-5-13/h9-12,17H,1-8H2. The molecule has 96 valence electrons. The third kappa shape index (κ3) is 1.32. The van der Waals surface area contributed by atoms with Gasteiger partial charge in [0.25, 0.3) is 5.92 Å². The Hall–Kier alpha value is -0.180. The molecule has 3 aliphatic carbocycles. The van der Waals surface area contributed by atoms with Crippen LogP contribution < -0.4 is 5.32 Å². The molecule has 0 aromatic heterocycles. The van der Waals surface area contributed by atoms with E-state index in [0.717, 1.165) is 18.9 Å². The Kier molecular flexibility index (Phi) is 2.03. The van der Waals surface area contributed by atoms with Gasteiger partial charge in [-0.05, 0) is 68.2 Å². The van der Waals surface area contributed by atoms with Crippen molar-refractivity contribution in [3.63, 3.8) is 0 Å². The molecule has 17 heavy (non-hydrogen) atoms. The molecular weight excluding hydrogens is 220 g/mol. The number of halogens is 2. The van der Waals surface area contributed by atoms with E-state index in [1.54, 1.807) is 0 Å². The van der Waals surface area contributed by atoms with E-state index in [-0.39, 0.29) is 12.5 Å². The number of rotatable bonds is 1. The summed E-state index contributed by atoms with van der Waals surface area (Å²) in [5, 5.41) is 2.86. The molecule has 0 aromatic rings. The summed E-state index contributed by atoms with van der Waals surface area (Å²) < 4.78 is 28.1. The molecule has 4 fully saturated rings. The van der Waals surface area contributed by atoms with Crippen LogP contribution in [0.3, 0.4) is 0 Å². The van der Waals surface area contributed by atoms with Crippen LogP contribution in [0.4, 0.5) is 8.78 Å². The Morgan fingerprint density at radius 1 is 1.00 bits per heavy atom. The maximum Gasteiger partial charge on any atom is 0.263 e. The summed E-state index contributed by atoms with van der Waals surface area (Å²) in [6.07, 6.45) is 7.07. The zero-order valence-electron chi connectivity index (χ0n) is 10.2. The van der Waals surface area contributed by atoms with E-state index < -0.39 is 5.92 Å². The van der Waals surface area contributed by atoms with Crippen molar-refractivity contribution in [3.8, 4) is 0 Å². The average Bonchev–Trinajstić information content (AvgIpc) is 2.94. The van der Waals surface area contributed by atoms with Crippen LogP contribution in [0, 0.1) is 29.1 Å². The van der Waals surface area contributed by atoms with Gasteiger partial charge < -0.3 is 5.32 Å². The van der Waals surface area contributed by atoms with Gasteiger partial charge in [0.1, 0.15) is 0 Å². The molecule has 0 aromatic carbocycles. The highest BCUT2D eigenvalue weighted by Crippen LogP contribution is 2.74. The summed E-state index contributed by atoms with van der Waals surface area (Å²) in [4.78, 5) is 0. The molecule has 4 atom stereocenters. The third-order valence-corrected chi connectivity index (χ3v) is 6.33. The van der Waals surface area contributed by atoms with Gasteiger partial charge in [-0.2, -0.15) is 0 Å². The van der Waals surface area contributed by atoms with Crippen molar-refractivity contribution < 1.29 is 8.78 Å². The van der Waals surface area contributed by atoms with Crippen molar-refractivity contribution in [1.82, 2.24) is 5.32 Å². The van der Waals surface area contributed by atoms with Gasteiger partial charge in [0.05, 0.1) is 6.54 Å². The predicted molar refractivity (Wildman–Crippen MR) is 61.9 cm³/mol. The molecule has 2 bridgehead atoms. The minimum atomic E-state index is -2.45. The first-order valence-corrected chi connectivity index (χ1v) is 7.22. The Balaban J connectivity index is 1.60. The minimum Gasteiger partial charge on any atom is -0.311 e. The van der Waals surface area contributed by atoms with E-state index in [4.69, 9.17) is 0 Å². The zero-order chi connectivity index (χ0) is 11.7. The second-order valence-corrected chi connectivity index (χ2v) is 6.85. The van der Waals surface area contributed by atoms with Gasteiger partial charge in [-0.15, -0.1) is 0 Å². The zero-order valence-corrected chi connectivity index (χ0v) is 10.2. The first-order chi connectivity index (χ1) is 8.13. The monoisotopic (exact) mass is 241 g/mol. The lowest BCUT2D eigenvalue weighted by Crippen LogP contribution is -2.49. The Morgan fingerprint density at radius 3 is 2.47 bits per heavy atom. The summed E-state index contributed by atoms with van der Waals surface area (Å²) in [6, 6.07) is 0. The van der Waals surface area contributed by atoms with Crippen molar-refractivity contribution in [1.29, 1.82) is 0 Å². The quantitative estimate of drug-likeness (QED) is 0.744. The summed E-state index contributed by atoms with van der Waals surface area (Å²) in [7, 11) is 0. The van der Waals surface area contributed by atoms with Crippen LogP contribution in [0.15, 0.2) is 0 Å². The van der Waals surface area contributed by atoms with Crippen LogP contribution in [0.25, 0.3) is 0 Å². The van der Waals surface area contributed by atoms with Gasteiger partial charge in [-0.1, -0.05) is 0 Å². The van der Waals surface area contributed by atoms with Crippen LogP contribution in [0.1, 0.15) is 38.5 Å². The van der Waals surface area contributed by atoms with Gasteiger partial charge in [-0.3, -0.25) is 0 Å². The van der Waals surface area contributed by atoms with Crippen molar-refractivity contribution in [2.24, 2.45) is 29.1 Å². The SMILES string of the molecule is FC1(F)CNCCC1C1CC2CCC1C21CC1. The molecule has 0 radical (unpaired) electrons. The van der Waals surface area contributed by atoms with E-state index in [0.29, 0.717) is 23.7 Å². The van der Waals surface area contributed by atoms with Gasteiger partial charge in [-0.25, -0.2) is 8.78 Å². The molecule has 4 unspecified atom stereocenters. The van der Waals surface area contributed by atoms with Gasteiger partial charge >= 0.3 is 0 Å². The maximum atomic E-state index is 14.1. The van der Waals surface area contributed by atoms with E-state index >= 15 is 0 Å². The topological polar surface area (TPSA) is 12.0 Å². The Labute approximate surface area is 101 Å². The van der Waals surface area contributed by atoms with E-state index in [9.17, 15) is 8.78 Å². The lowest BCUT2D eigenvalue weighted by Gasteiger charge is -2.39. The van der Waals surface area contributed by atoms with Crippen molar-refractivity contribution in [2.75, 3.05) is 13.1 Å². The summed E-state index contributed by atoms with van der Waals surface area (Å²) in [5.41, 5.74) is 0.561. The first-order valence-electron chi connectivity index (χ1n) is 7.22. The molecule has 4 rings (SSSR count). The highest BCUT2D eigenvalue weighted by Gasteiger charge is 2.67. The number of nitrogens with one attached hydrogen (secondary N) is 1. The van der Waals surface area contributed by atoms with Crippen molar-refractivity contribution in [2.45, 2.75) is 44.4 Å². The van der Waals surface area contributed by atoms with Gasteiger partial charge in [0.2, 0.25) is 0 Å². The largest absolute Gasteiger partial charge is 0.311 e. The van der Waals surface area contributed by atoms with Crippen molar-refractivity contribution >= 4 is 0 Å². The van der Waals surface area contributed by atoms with Crippen LogP contribution in [0.5, 0.6) is 0 Å². The summed E-state index contributed by atoms with van der Waals surface area (Å²) in [5.74, 6) is -0.974. The number of hydrogen-bond acceptors (Lipinski definition) is 1. The van der Waals surface area contributed by atoms with Gasteiger partial charge in [0, 0.05) is 5.92 Å². The normalized spacial score (nSPS) is 49.8.